The minimum Gasteiger partial charge on any atom is -0.366 e. The fraction of sp³-hybridized carbons (Fsp3) is 0.360. The maximum Gasteiger partial charge on any atom is 0.278 e. The number of aryl methyl sites for hydroxylation is 2. The van der Waals surface area contributed by atoms with Gasteiger partial charge in [-0.15, -0.1) is 0 Å². The number of benzene rings is 2. The van der Waals surface area contributed by atoms with Crippen molar-refractivity contribution in [1.29, 1.82) is 0 Å². The highest BCUT2D eigenvalue weighted by Gasteiger charge is 2.42. The van der Waals surface area contributed by atoms with Gasteiger partial charge in [-0.2, -0.15) is 0 Å². The van der Waals surface area contributed by atoms with Gasteiger partial charge in [0.05, 0.1) is 12.1 Å². The summed E-state index contributed by atoms with van der Waals surface area (Å²) in [5.41, 5.74) is 5.08. The molecule has 30 heavy (non-hydrogen) atoms. The highest BCUT2D eigenvalue weighted by atomic mass is 35.5. The molecule has 0 bridgehead atoms. The number of carbonyl (C=O) groups excluding carboxylic acids is 2. The maximum atomic E-state index is 13.5. The van der Waals surface area contributed by atoms with Gasteiger partial charge in [-0.05, 0) is 67.0 Å². The highest BCUT2D eigenvalue weighted by Crippen LogP contribution is 2.35. The first-order chi connectivity index (χ1) is 14.3. The summed E-state index contributed by atoms with van der Waals surface area (Å²) >= 11 is 5.99. The van der Waals surface area contributed by atoms with E-state index in [0.29, 0.717) is 22.2 Å². The molecule has 0 unspecified atom stereocenters. The molecule has 2 heterocycles. The fourth-order valence-electron chi connectivity index (χ4n) is 4.16. The maximum absolute atomic E-state index is 13.5. The van der Waals surface area contributed by atoms with Gasteiger partial charge in [0, 0.05) is 18.1 Å². The van der Waals surface area contributed by atoms with Gasteiger partial charge >= 0.3 is 0 Å². The molecule has 5 heteroatoms. The van der Waals surface area contributed by atoms with Crippen LogP contribution in [-0.2, 0) is 16.1 Å². The van der Waals surface area contributed by atoms with Crippen molar-refractivity contribution in [3.63, 3.8) is 0 Å². The molecule has 1 fully saturated rings. The minimum atomic E-state index is -0.216. The van der Waals surface area contributed by atoms with Gasteiger partial charge in [0.1, 0.15) is 5.70 Å². The second-order valence-corrected chi connectivity index (χ2v) is 8.95. The first-order valence-electron chi connectivity index (χ1n) is 10.5. The van der Waals surface area contributed by atoms with E-state index in [-0.39, 0.29) is 18.4 Å². The molecule has 2 aliphatic rings. The average Bonchev–Trinajstić information content (AvgIpc) is 2.97. The summed E-state index contributed by atoms with van der Waals surface area (Å²) in [7, 11) is 0. The van der Waals surface area contributed by atoms with Gasteiger partial charge in [-0.25, -0.2) is 0 Å². The summed E-state index contributed by atoms with van der Waals surface area (Å²) in [5, 5.41) is 0.634. The monoisotopic (exact) mass is 422 g/mol. The third-order valence-corrected chi connectivity index (χ3v) is 6.54. The van der Waals surface area contributed by atoms with Crippen molar-refractivity contribution in [3.8, 4) is 0 Å². The molecule has 0 saturated carbocycles. The number of carbonyl (C=O) groups is 2. The quantitative estimate of drug-likeness (QED) is 0.653. The first-order valence-corrected chi connectivity index (χ1v) is 10.9. The van der Waals surface area contributed by atoms with Gasteiger partial charge in [-0.3, -0.25) is 14.5 Å². The molecule has 4 rings (SSSR count). The number of halogens is 1. The molecular formula is C25H27ClN2O2. The summed E-state index contributed by atoms with van der Waals surface area (Å²) < 4.78 is 0. The third-order valence-electron chi connectivity index (χ3n) is 6.29. The van der Waals surface area contributed by atoms with Gasteiger partial charge in [-0.1, -0.05) is 48.9 Å². The number of amides is 2. The van der Waals surface area contributed by atoms with E-state index >= 15 is 0 Å². The molecule has 2 aromatic carbocycles. The van der Waals surface area contributed by atoms with E-state index in [4.69, 9.17) is 11.6 Å². The molecule has 0 aromatic heterocycles. The molecule has 0 spiro atoms. The molecule has 0 radical (unpaired) electrons. The minimum absolute atomic E-state index is 0.197. The van der Waals surface area contributed by atoms with Crippen molar-refractivity contribution >= 4 is 29.0 Å². The number of hydrogen-bond donors (Lipinski definition) is 0. The summed E-state index contributed by atoms with van der Waals surface area (Å²) in [6.45, 7) is 8.18. The molecule has 4 nitrogen and oxygen atoms in total. The SMILES string of the molecule is Cc1ccc(C2=C(N3CCC(C)CC3)C(=O)N(Cc3ccc(Cl)cc3)C2=O)cc1C. The highest BCUT2D eigenvalue weighted by molar-refractivity contribution is 6.35. The van der Waals surface area contributed by atoms with Crippen LogP contribution in [0.4, 0.5) is 0 Å². The molecule has 2 aromatic rings. The Kier molecular flexibility index (Phi) is 5.70. The van der Waals surface area contributed by atoms with E-state index in [1.54, 1.807) is 12.1 Å². The molecular weight excluding hydrogens is 396 g/mol. The fourth-order valence-corrected chi connectivity index (χ4v) is 4.29. The summed E-state index contributed by atoms with van der Waals surface area (Å²) in [4.78, 5) is 30.5. The van der Waals surface area contributed by atoms with Gasteiger partial charge in [0.2, 0.25) is 0 Å². The first kappa shape index (κ1) is 20.7. The van der Waals surface area contributed by atoms with Gasteiger partial charge < -0.3 is 4.90 Å². The smallest absolute Gasteiger partial charge is 0.278 e. The molecule has 2 aliphatic heterocycles. The predicted octanol–water partition coefficient (Wildman–Crippen LogP) is 4.97. The van der Waals surface area contributed by atoms with Gasteiger partial charge in [0.15, 0.2) is 0 Å². The number of piperidine rings is 1. The molecule has 0 atom stereocenters. The Balaban J connectivity index is 1.73. The van der Waals surface area contributed by atoms with E-state index in [0.717, 1.165) is 42.6 Å². The average molecular weight is 423 g/mol. The predicted molar refractivity (Wildman–Crippen MR) is 120 cm³/mol. The Morgan fingerprint density at radius 1 is 0.933 bits per heavy atom. The lowest BCUT2D eigenvalue weighted by atomic mass is 9.96. The zero-order chi connectivity index (χ0) is 21.4. The molecule has 0 aliphatic carbocycles. The Bertz CT molecular complexity index is 1020. The van der Waals surface area contributed by atoms with E-state index in [9.17, 15) is 9.59 Å². The van der Waals surface area contributed by atoms with Crippen molar-refractivity contribution in [1.82, 2.24) is 9.80 Å². The standard InChI is InChI=1S/C25H27ClN2O2/c1-16-10-12-27(13-11-16)23-22(20-7-4-17(2)18(3)14-20)24(29)28(25(23)30)15-19-5-8-21(26)9-6-19/h4-9,14,16H,10-13,15H2,1-3H3. The van der Waals surface area contributed by atoms with E-state index in [2.05, 4.69) is 18.7 Å². The molecule has 2 amide bonds. The van der Waals surface area contributed by atoms with Crippen LogP contribution in [0.15, 0.2) is 48.2 Å². The lowest BCUT2D eigenvalue weighted by Crippen LogP contribution is -2.38. The van der Waals surface area contributed by atoms with Crippen LogP contribution in [0.1, 0.15) is 42.0 Å². The van der Waals surface area contributed by atoms with Crippen LogP contribution in [0.5, 0.6) is 0 Å². The van der Waals surface area contributed by atoms with Crippen molar-refractivity contribution in [2.45, 2.75) is 40.2 Å². The third kappa shape index (κ3) is 3.89. The van der Waals surface area contributed by atoms with Crippen molar-refractivity contribution in [3.05, 3.63) is 75.4 Å². The second kappa shape index (κ2) is 8.27. The van der Waals surface area contributed by atoms with E-state index in [1.165, 1.54) is 10.5 Å². The van der Waals surface area contributed by atoms with Crippen LogP contribution in [0, 0.1) is 19.8 Å². The van der Waals surface area contributed by atoms with E-state index < -0.39 is 0 Å². The largest absolute Gasteiger partial charge is 0.366 e. The molecule has 0 N–H and O–H groups in total. The Morgan fingerprint density at radius 2 is 1.60 bits per heavy atom. The van der Waals surface area contributed by atoms with Crippen LogP contribution >= 0.6 is 11.6 Å². The van der Waals surface area contributed by atoms with Gasteiger partial charge in [0.25, 0.3) is 11.8 Å². The van der Waals surface area contributed by atoms with Crippen LogP contribution in [-0.4, -0.2) is 34.7 Å². The summed E-state index contributed by atoms with van der Waals surface area (Å²) in [6.07, 6.45) is 2.06. The van der Waals surface area contributed by atoms with E-state index in [1.807, 2.05) is 37.3 Å². The van der Waals surface area contributed by atoms with Crippen LogP contribution in [0.2, 0.25) is 5.02 Å². The van der Waals surface area contributed by atoms with Crippen LogP contribution < -0.4 is 0 Å². The zero-order valence-corrected chi connectivity index (χ0v) is 18.5. The number of imide groups is 1. The van der Waals surface area contributed by atoms with Crippen LogP contribution in [0.25, 0.3) is 5.57 Å². The summed E-state index contributed by atoms with van der Waals surface area (Å²) in [5.74, 6) is 0.230. The lowest BCUT2D eigenvalue weighted by Gasteiger charge is -2.32. The summed E-state index contributed by atoms with van der Waals surface area (Å²) in [6, 6.07) is 13.3. The van der Waals surface area contributed by atoms with Crippen molar-refractivity contribution in [2.24, 2.45) is 5.92 Å². The Hall–Kier alpha value is -2.59. The Labute approximate surface area is 183 Å². The Morgan fingerprint density at radius 3 is 2.23 bits per heavy atom. The van der Waals surface area contributed by atoms with Crippen molar-refractivity contribution < 1.29 is 9.59 Å². The van der Waals surface area contributed by atoms with Crippen molar-refractivity contribution in [2.75, 3.05) is 13.1 Å². The molecule has 1 saturated heterocycles. The number of rotatable bonds is 4. The normalized spacial score (nSPS) is 18.0. The second-order valence-electron chi connectivity index (χ2n) is 8.52. The number of nitrogens with zero attached hydrogens (tertiary/aromatic N) is 2. The zero-order valence-electron chi connectivity index (χ0n) is 17.7. The number of likely N-dealkylation sites (tertiary alicyclic amines) is 1. The lowest BCUT2D eigenvalue weighted by molar-refractivity contribution is -0.138. The van der Waals surface area contributed by atoms with Crippen LogP contribution in [0.3, 0.4) is 0 Å². The topological polar surface area (TPSA) is 40.6 Å². The number of hydrogen-bond acceptors (Lipinski definition) is 3. The molecule has 156 valence electrons.